The number of carbonyl (C=O) groups is 1. The van der Waals surface area contributed by atoms with Crippen LogP contribution >= 0.6 is 23.2 Å². The van der Waals surface area contributed by atoms with E-state index in [9.17, 15) is 4.79 Å². The number of nitrogens with one attached hydrogen (secondary N) is 1. The van der Waals surface area contributed by atoms with Crippen LogP contribution in [0.4, 0.5) is 0 Å². The lowest BCUT2D eigenvalue weighted by molar-refractivity contribution is 0.0929. The van der Waals surface area contributed by atoms with Gasteiger partial charge in [0.15, 0.2) is 0 Å². The first-order chi connectivity index (χ1) is 10.1. The molecule has 0 saturated carbocycles. The molecule has 0 unspecified atom stereocenters. The molecule has 1 atom stereocenters. The van der Waals surface area contributed by atoms with Crippen molar-refractivity contribution in [2.75, 3.05) is 0 Å². The first kappa shape index (κ1) is 15.8. The van der Waals surface area contributed by atoms with Gasteiger partial charge in [0.2, 0.25) is 0 Å². The molecule has 110 valence electrons. The average Bonchev–Trinajstić information content (AvgIpc) is 2.50. The molecule has 0 saturated heterocycles. The zero-order valence-corrected chi connectivity index (χ0v) is 13.2. The standard InChI is InChI=1S/C16H16Cl2N2O/c1-2-6-13(11-7-4-3-5-8-11)19-16(21)15-12(17)9-10-14(18)20-15/h3-5,7-10,13H,2,6H2,1H3,(H,19,21)/t13-/m1/s1. The van der Waals surface area contributed by atoms with Crippen molar-refractivity contribution in [3.8, 4) is 0 Å². The molecule has 0 aliphatic heterocycles. The summed E-state index contributed by atoms with van der Waals surface area (Å²) in [7, 11) is 0. The molecule has 2 rings (SSSR count). The quantitative estimate of drug-likeness (QED) is 0.813. The zero-order chi connectivity index (χ0) is 15.2. The molecule has 3 nitrogen and oxygen atoms in total. The van der Waals surface area contributed by atoms with Crippen molar-refractivity contribution >= 4 is 29.1 Å². The van der Waals surface area contributed by atoms with Crippen LogP contribution in [-0.4, -0.2) is 10.9 Å². The van der Waals surface area contributed by atoms with E-state index >= 15 is 0 Å². The highest BCUT2D eigenvalue weighted by Gasteiger charge is 2.18. The number of halogens is 2. The molecule has 0 fully saturated rings. The first-order valence-corrected chi connectivity index (χ1v) is 7.55. The van der Waals surface area contributed by atoms with Crippen LogP contribution in [0.15, 0.2) is 42.5 Å². The van der Waals surface area contributed by atoms with Crippen molar-refractivity contribution in [3.05, 3.63) is 63.9 Å². The van der Waals surface area contributed by atoms with Gasteiger partial charge in [-0.3, -0.25) is 4.79 Å². The Morgan fingerprint density at radius 2 is 1.90 bits per heavy atom. The summed E-state index contributed by atoms with van der Waals surface area (Å²) in [6.45, 7) is 2.08. The van der Waals surface area contributed by atoms with Crippen LogP contribution in [0.5, 0.6) is 0 Å². The third-order valence-electron chi connectivity index (χ3n) is 3.11. The van der Waals surface area contributed by atoms with E-state index in [4.69, 9.17) is 23.2 Å². The minimum atomic E-state index is -0.315. The van der Waals surface area contributed by atoms with Crippen molar-refractivity contribution in [2.24, 2.45) is 0 Å². The Bertz CT molecular complexity index is 617. The van der Waals surface area contributed by atoms with Gasteiger partial charge in [0.1, 0.15) is 10.8 Å². The molecule has 21 heavy (non-hydrogen) atoms. The summed E-state index contributed by atoms with van der Waals surface area (Å²) in [4.78, 5) is 16.4. The monoisotopic (exact) mass is 322 g/mol. The number of nitrogens with zero attached hydrogens (tertiary/aromatic N) is 1. The molecule has 0 aliphatic rings. The minimum absolute atomic E-state index is 0.0689. The number of hydrogen-bond acceptors (Lipinski definition) is 2. The van der Waals surface area contributed by atoms with Gasteiger partial charge in [-0.05, 0) is 24.1 Å². The van der Waals surface area contributed by atoms with Crippen LogP contribution in [0.1, 0.15) is 41.9 Å². The predicted octanol–water partition coefficient (Wildman–Crippen LogP) is 4.66. The highest BCUT2D eigenvalue weighted by atomic mass is 35.5. The second-order valence-electron chi connectivity index (χ2n) is 4.69. The van der Waals surface area contributed by atoms with Crippen LogP contribution < -0.4 is 5.32 Å². The van der Waals surface area contributed by atoms with E-state index in [-0.39, 0.29) is 22.8 Å². The fraction of sp³-hybridized carbons (Fsp3) is 0.250. The van der Waals surface area contributed by atoms with Crippen molar-refractivity contribution in [1.82, 2.24) is 10.3 Å². The highest BCUT2D eigenvalue weighted by molar-refractivity contribution is 6.34. The number of rotatable bonds is 5. The fourth-order valence-corrected chi connectivity index (χ4v) is 2.44. The molecular weight excluding hydrogens is 307 g/mol. The fourth-order valence-electron chi connectivity index (χ4n) is 2.10. The van der Waals surface area contributed by atoms with Gasteiger partial charge in [0, 0.05) is 0 Å². The number of hydrogen-bond donors (Lipinski definition) is 1. The highest BCUT2D eigenvalue weighted by Crippen LogP contribution is 2.21. The molecule has 0 radical (unpaired) electrons. The summed E-state index contributed by atoms with van der Waals surface area (Å²) in [5, 5.41) is 3.51. The summed E-state index contributed by atoms with van der Waals surface area (Å²) < 4.78 is 0. The van der Waals surface area contributed by atoms with Crippen LogP contribution in [-0.2, 0) is 0 Å². The van der Waals surface area contributed by atoms with Gasteiger partial charge in [0.05, 0.1) is 11.1 Å². The molecular formula is C16H16Cl2N2O. The normalized spacial score (nSPS) is 12.0. The minimum Gasteiger partial charge on any atom is -0.344 e. The van der Waals surface area contributed by atoms with Crippen LogP contribution in [0.2, 0.25) is 10.2 Å². The van der Waals surface area contributed by atoms with Crippen LogP contribution in [0.25, 0.3) is 0 Å². The Balaban J connectivity index is 2.20. The first-order valence-electron chi connectivity index (χ1n) is 6.79. The Morgan fingerprint density at radius 3 is 2.57 bits per heavy atom. The largest absolute Gasteiger partial charge is 0.344 e. The summed E-state index contributed by atoms with van der Waals surface area (Å²) in [5.74, 6) is -0.315. The summed E-state index contributed by atoms with van der Waals surface area (Å²) in [5.41, 5.74) is 1.21. The van der Waals surface area contributed by atoms with Gasteiger partial charge >= 0.3 is 0 Å². The van der Waals surface area contributed by atoms with Gasteiger partial charge < -0.3 is 5.32 Å². The molecule has 0 aliphatic carbocycles. The third-order valence-corrected chi connectivity index (χ3v) is 3.63. The van der Waals surface area contributed by atoms with Crippen molar-refractivity contribution in [2.45, 2.75) is 25.8 Å². The van der Waals surface area contributed by atoms with E-state index in [1.165, 1.54) is 0 Å². The van der Waals surface area contributed by atoms with E-state index in [1.807, 2.05) is 30.3 Å². The number of amides is 1. The van der Waals surface area contributed by atoms with E-state index in [0.29, 0.717) is 5.02 Å². The lowest BCUT2D eigenvalue weighted by atomic mass is 10.0. The Labute approximate surface area is 134 Å². The van der Waals surface area contributed by atoms with E-state index in [1.54, 1.807) is 12.1 Å². The Morgan fingerprint density at radius 1 is 1.19 bits per heavy atom. The van der Waals surface area contributed by atoms with Crippen molar-refractivity contribution in [1.29, 1.82) is 0 Å². The SMILES string of the molecule is CCC[C@@H](NC(=O)c1nc(Cl)ccc1Cl)c1ccccc1. The summed E-state index contributed by atoms with van der Waals surface area (Å²) in [6.07, 6.45) is 1.80. The third kappa shape index (κ3) is 4.19. The van der Waals surface area contributed by atoms with Crippen molar-refractivity contribution < 1.29 is 4.79 Å². The zero-order valence-electron chi connectivity index (χ0n) is 11.6. The van der Waals surface area contributed by atoms with Gasteiger partial charge in [-0.1, -0.05) is 66.9 Å². The van der Waals surface area contributed by atoms with Crippen molar-refractivity contribution in [3.63, 3.8) is 0 Å². The Hall–Kier alpha value is -1.58. The number of benzene rings is 1. The molecule has 2 aromatic rings. The molecule has 1 N–H and O–H groups in total. The lowest BCUT2D eigenvalue weighted by Gasteiger charge is -2.18. The maximum absolute atomic E-state index is 12.4. The number of pyridine rings is 1. The molecule has 1 aromatic heterocycles. The average molecular weight is 323 g/mol. The summed E-state index contributed by atoms with van der Waals surface area (Å²) >= 11 is 11.8. The maximum atomic E-state index is 12.4. The summed E-state index contributed by atoms with van der Waals surface area (Å²) in [6, 6.07) is 12.9. The number of carbonyl (C=O) groups excluding carboxylic acids is 1. The van der Waals surface area contributed by atoms with Gasteiger partial charge in [-0.15, -0.1) is 0 Å². The van der Waals surface area contributed by atoms with E-state index < -0.39 is 0 Å². The number of aromatic nitrogens is 1. The molecule has 0 spiro atoms. The maximum Gasteiger partial charge on any atom is 0.271 e. The second-order valence-corrected chi connectivity index (χ2v) is 5.48. The molecule has 1 heterocycles. The predicted molar refractivity (Wildman–Crippen MR) is 85.8 cm³/mol. The van der Waals surface area contributed by atoms with Gasteiger partial charge in [0.25, 0.3) is 5.91 Å². The molecule has 0 bridgehead atoms. The second kappa shape index (κ2) is 7.43. The van der Waals surface area contributed by atoms with E-state index in [2.05, 4.69) is 17.2 Å². The smallest absolute Gasteiger partial charge is 0.271 e. The molecule has 1 amide bonds. The topological polar surface area (TPSA) is 42.0 Å². The van der Waals surface area contributed by atoms with Gasteiger partial charge in [-0.25, -0.2) is 4.98 Å². The molecule has 5 heteroatoms. The van der Waals surface area contributed by atoms with E-state index in [0.717, 1.165) is 18.4 Å². The van der Waals surface area contributed by atoms with Gasteiger partial charge in [-0.2, -0.15) is 0 Å². The Kier molecular flexibility index (Phi) is 5.59. The van der Waals surface area contributed by atoms with Crippen LogP contribution in [0.3, 0.4) is 0 Å². The lowest BCUT2D eigenvalue weighted by Crippen LogP contribution is -2.29. The molecule has 1 aromatic carbocycles. The van der Waals surface area contributed by atoms with Crippen LogP contribution in [0, 0.1) is 0 Å².